The summed E-state index contributed by atoms with van der Waals surface area (Å²) in [6, 6.07) is 5.49. The predicted molar refractivity (Wildman–Crippen MR) is 61.1 cm³/mol. The maximum atomic E-state index is 11.5. The standard InChI is InChI=1S/C12H13ClO3/c1-3-12(2,11(13)14)8-4-5-9-10(6-8)16-7-15-9/h4-6H,3,7H2,1-2H3. The highest BCUT2D eigenvalue weighted by Gasteiger charge is 2.33. The van der Waals surface area contributed by atoms with E-state index in [4.69, 9.17) is 21.1 Å². The lowest BCUT2D eigenvalue weighted by Gasteiger charge is -2.24. The summed E-state index contributed by atoms with van der Waals surface area (Å²) in [5.74, 6) is 1.39. The van der Waals surface area contributed by atoms with Crippen LogP contribution in [-0.4, -0.2) is 12.0 Å². The van der Waals surface area contributed by atoms with Crippen molar-refractivity contribution < 1.29 is 14.3 Å². The molecule has 16 heavy (non-hydrogen) atoms. The third kappa shape index (κ3) is 1.65. The summed E-state index contributed by atoms with van der Waals surface area (Å²) < 4.78 is 10.5. The minimum Gasteiger partial charge on any atom is -0.454 e. The van der Waals surface area contributed by atoms with E-state index in [2.05, 4.69) is 0 Å². The highest BCUT2D eigenvalue weighted by atomic mass is 35.5. The van der Waals surface area contributed by atoms with Gasteiger partial charge in [-0.1, -0.05) is 13.0 Å². The van der Waals surface area contributed by atoms with E-state index in [0.717, 1.165) is 5.56 Å². The predicted octanol–water partition coefficient (Wildman–Crippen LogP) is 2.85. The molecular weight excluding hydrogens is 228 g/mol. The molecule has 0 spiro atoms. The Hall–Kier alpha value is -1.22. The van der Waals surface area contributed by atoms with Crippen LogP contribution in [0.15, 0.2) is 18.2 Å². The molecule has 0 radical (unpaired) electrons. The van der Waals surface area contributed by atoms with Crippen molar-refractivity contribution in [3.8, 4) is 11.5 Å². The van der Waals surface area contributed by atoms with Gasteiger partial charge in [0.1, 0.15) is 0 Å². The Morgan fingerprint density at radius 3 is 2.75 bits per heavy atom. The first-order chi connectivity index (χ1) is 7.58. The molecule has 0 saturated heterocycles. The molecule has 0 N–H and O–H groups in total. The van der Waals surface area contributed by atoms with Crippen LogP contribution >= 0.6 is 11.6 Å². The number of halogens is 1. The normalized spacial score (nSPS) is 16.9. The second-order valence-corrected chi connectivity index (χ2v) is 4.37. The van der Waals surface area contributed by atoms with Crippen LogP contribution in [0.1, 0.15) is 25.8 Å². The molecule has 1 heterocycles. The molecule has 1 aliphatic rings. The largest absolute Gasteiger partial charge is 0.454 e. The van der Waals surface area contributed by atoms with Gasteiger partial charge in [0.2, 0.25) is 12.0 Å². The second kappa shape index (κ2) is 3.98. The van der Waals surface area contributed by atoms with Crippen LogP contribution in [0.5, 0.6) is 11.5 Å². The van der Waals surface area contributed by atoms with Gasteiger partial charge in [0.05, 0.1) is 5.41 Å². The van der Waals surface area contributed by atoms with Gasteiger partial charge < -0.3 is 9.47 Å². The van der Waals surface area contributed by atoms with Crippen LogP contribution in [0.3, 0.4) is 0 Å². The highest BCUT2D eigenvalue weighted by molar-refractivity contribution is 6.65. The summed E-state index contributed by atoms with van der Waals surface area (Å²) in [6.07, 6.45) is 0.648. The van der Waals surface area contributed by atoms with Crippen molar-refractivity contribution in [2.45, 2.75) is 25.7 Å². The number of rotatable bonds is 3. The van der Waals surface area contributed by atoms with Crippen LogP contribution in [0, 0.1) is 0 Å². The fourth-order valence-corrected chi connectivity index (χ4v) is 1.94. The number of hydrogen-bond acceptors (Lipinski definition) is 3. The molecule has 0 aliphatic carbocycles. The van der Waals surface area contributed by atoms with Gasteiger partial charge in [0.25, 0.3) is 0 Å². The van der Waals surface area contributed by atoms with Crippen LogP contribution in [0.25, 0.3) is 0 Å². The molecule has 1 aromatic rings. The van der Waals surface area contributed by atoms with Crippen LogP contribution in [-0.2, 0) is 10.2 Å². The molecule has 1 aromatic carbocycles. The number of carbonyl (C=O) groups is 1. The number of ether oxygens (including phenoxy) is 2. The van der Waals surface area contributed by atoms with Crippen molar-refractivity contribution in [3.05, 3.63) is 23.8 Å². The van der Waals surface area contributed by atoms with Crippen LogP contribution in [0.4, 0.5) is 0 Å². The SMILES string of the molecule is CCC(C)(C(=O)Cl)c1ccc2c(c1)OCO2. The van der Waals surface area contributed by atoms with E-state index >= 15 is 0 Å². The molecule has 0 bridgehead atoms. The molecule has 3 nitrogen and oxygen atoms in total. The zero-order valence-electron chi connectivity index (χ0n) is 9.25. The van der Waals surface area contributed by atoms with Crippen molar-refractivity contribution >= 4 is 16.8 Å². The van der Waals surface area contributed by atoms with E-state index in [-0.39, 0.29) is 12.0 Å². The van der Waals surface area contributed by atoms with Gasteiger partial charge >= 0.3 is 0 Å². The van der Waals surface area contributed by atoms with Crippen LogP contribution in [0.2, 0.25) is 0 Å². The van der Waals surface area contributed by atoms with E-state index in [0.29, 0.717) is 17.9 Å². The lowest BCUT2D eigenvalue weighted by Crippen LogP contribution is -2.28. The molecule has 0 amide bonds. The first-order valence-corrected chi connectivity index (χ1v) is 5.56. The second-order valence-electron chi connectivity index (χ2n) is 4.03. The number of benzene rings is 1. The van der Waals surface area contributed by atoms with E-state index in [9.17, 15) is 4.79 Å². The summed E-state index contributed by atoms with van der Waals surface area (Å²) in [6.45, 7) is 4.00. The van der Waals surface area contributed by atoms with Crippen molar-refractivity contribution in [3.63, 3.8) is 0 Å². The van der Waals surface area contributed by atoms with Gasteiger partial charge in [-0.15, -0.1) is 0 Å². The summed E-state index contributed by atoms with van der Waals surface area (Å²) >= 11 is 5.66. The minimum absolute atomic E-state index is 0.233. The van der Waals surface area contributed by atoms with E-state index in [1.54, 1.807) is 0 Å². The molecule has 1 atom stereocenters. The topological polar surface area (TPSA) is 35.5 Å². The van der Waals surface area contributed by atoms with E-state index in [1.165, 1.54) is 0 Å². The minimum atomic E-state index is -0.664. The van der Waals surface area contributed by atoms with E-state index in [1.807, 2.05) is 32.0 Å². The Kier molecular flexibility index (Phi) is 2.80. The Morgan fingerprint density at radius 2 is 2.12 bits per heavy atom. The molecule has 86 valence electrons. The lowest BCUT2D eigenvalue weighted by molar-refractivity contribution is -0.116. The van der Waals surface area contributed by atoms with Crippen molar-refractivity contribution in [2.75, 3.05) is 6.79 Å². The number of hydrogen-bond donors (Lipinski definition) is 0. The van der Waals surface area contributed by atoms with Gasteiger partial charge in [-0.2, -0.15) is 0 Å². The average molecular weight is 241 g/mol. The Labute approximate surface area is 99.3 Å². The summed E-state index contributed by atoms with van der Waals surface area (Å²) in [5, 5.41) is -0.353. The fourth-order valence-electron chi connectivity index (χ4n) is 1.70. The zero-order valence-corrected chi connectivity index (χ0v) is 10.0. The third-order valence-corrected chi connectivity index (χ3v) is 3.57. The Morgan fingerprint density at radius 1 is 1.44 bits per heavy atom. The molecular formula is C12H13ClO3. The smallest absolute Gasteiger partial charge is 0.231 e. The Balaban J connectivity index is 2.44. The quantitative estimate of drug-likeness (QED) is 0.763. The first-order valence-electron chi connectivity index (χ1n) is 5.18. The molecule has 1 unspecified atom stereocenters. The molecule has 0 fully saturated rings. The maximum Gasteiger partial charge on any atom is 0.231 e. The fraction of sp³-hybridized carbons (Fsp3) is 0.417. The molecule has 2 rings (SSSR count). The monoisotopic (exact) mass is 240 g/mol. The van der Waals surface area contributed by atoms with Crippen molar-refractivity contribution in [2.24, 2.45) is 0 Å². The molecule has 0 aromatic heterocycles. The summed E-state index contributed by atoms with van der Waals surface area (Å²) in [7, 11) is 0. The van der Waals surface area contributed by atoms with Crippen LogP contribution < -0.4 is 9.47 Å². The maximum absolute atomic E-state index is 11.5. The third-order valence-electron chi connectivity index (χ3n) is 3.15. The lowest BCUT2D eigenvalue weighted by atomic mass is 9.81. The summed E-state index contributed by atoms with van der Waals surface area (Å²) in [4.78, 5) is 11.5. The summed E-state index contributed by atoms with van der Waals surface area (Å²) in [5.41, 5.74) is 0.196. The van der Waals surface area contributed by atoms with Crippen molar-refractivity contribution in [1.29, 1.82) is 0 Å². The Bertz CT molecular complexity index is 430. The van der Waals surface area contributed by atoms with Gasteiger partial charge in [0, 0.05) is 0 Å². The first kappa shape index (κ1) is 11.3. The average Bonchev–Trinajstić information content (AvgIpc) is 2.74. The molecule has 4 heteroatoms. The molecule has 1 aliphatic heterocycles. The van der Waals surface area contributed by atoms with Gasteiger partial charge in [0.15, 0.2) is 11.5 Å². The van der Waals surface area contributed by atoms with Gasteiger partial charge in [-0.05, 0) is 42.6 Å². The number of carbonyl (C=O) groups excluding carboxylic acids is 1. The van der Waals surface area contributed by atoms with Gasteiger partial charge in [-0.25, -0.2) is 0 Å². The molecule has 0 saturated carbocycles. The van der Waals surface area contributed by atoms with Gasteiger partial charge in [-0.3, -0.25) is 4.79 Å². The van der Waals surface area contributed by atoms with Crippen molar-refractivity contribution in [1.82, 2.24) is 0 Å². The highest BCUT2D eigenvalue weighted by Crippen LogP contribution is 2.38. The zero-order chi connectivity index (χ0) is 11.8. The number of fused-ring (bicyclic) bond motifs is 1. The van der Waals surface area contributed by atoms with E-state index < -0.39 is 5.41 Å².